The highest BCUT2D eigenvalue weighted by Crippen LogP contribution is 2.21. The van der Waals surface area contributed by atoms with Crippen molar-refractivity contribution in [3.8, 4) is 0 Å². The molecular weight excluding hydrogens is 374 g/mol. The summed E-state index contributed by atoms with van der Waals surface area (Å²) in [5.74, 6) is 0.753. The van der Waals surface area contributed by atoms with Crippen molar-refractivity contribution in [1.82, 2.24) is 9.47 Å². The van der Waals surface area contributed by atoms with Gasteiger partial charge in [-0.15, -0.1) is 0 Å². The molecule has 1 saturated heterocycles. The molecule has 2 aromatic carbocycles. The van der Waals surface area contributed by atoms with Crippen LogP contribution < -0.4 is 10.9 Å². The molecule has 1 amide bonds. The second-order valence-electron chi connectivity index (χ2n) is 8.50. The Morgan fingerprint density at radius 1 is 1.00 bits per heavy atom. The van der Waals surface area contributed by atoms with E-state index in [-0.39, 0.29) is 11.5 Å². The first-order chi connectivity index (χ1) is 14.5. The zero-order valence-corrected chi connectivity index (χ0v) is 17.7. The van der Waals surface area contributed by atoms with Crippen LogP contribution in [-0.2, 0) is 24.8 Å². The summed E-state index contributed by atoms with van der Waals surface area (Å²) in [5.41, 5.74) is 2.87. The summed E-state index contributed by atoms with van der Waals surface area (Å²) in [4.78, 5) is 27.4. The van der Waals surface area contributed by atoms with Gasteiger partial charge in [-0.05, 0) is 49.0 Å². The zero-order valence-electron chi connectivity index (χ0n) is 17.7. The summed E-state index contributed by atoms with van der Waals surface area (Å²) in [6.45, 7) is 5.63. The first-order valence-electron chi connectivity index (χ1n) is 10.7. The van der Waals surface area contributed by atoms with Gasteiger partial charge in [-0.1, -0.05) is 49.4 Å². The van der Waals surface area contributed by atoms with Gasteiger partial charge >= 0.3 is 0 Å². The van der Waals surface area contributed by atoms with Crippen LogP contribution in [0.4, 0.5) is 5.69 Å². The number of aromatic nitrogens is 1. The number of anilines is 1. The lowest BCUT2D eigenvalue weighted by Crippen LogP contribution is -2.32. The summed E-state index contributed by atoms with van der Waals surface area (Å²) in [7, 11) is 1.70. The van der Waals surface area contributed by atoms with Crippen LogP contribution in [0.5, 0.6) is 0 Å². The van der Waals surface area contributed by atoms with E-state index in [0.717, 1.165) is 23.4 Å². The fourth-order valence-electron chi connectivity index (χ4n) is 4.14. The fourth-order valence-corrected chi connectivity index (χ4v) is 4.14. The van der Waals surface area contributed by atoms with E-state index >= 15 is 0 Å². The van der Waals surface area contributed by atoms with Gasteiger partial charge in [-0.3, -0.25) is 14.5 Å². The van der Waals surface area contributed by atoms with Crippen LogP contribution in [0.25, 0.3) is 10.8 Å². The summed E-state index contributed by atoms with van der Waals surface area (Å²) < 4.78 is 1.51. The average molecular weight is 404 g/mol. The highest BCUT2D eigenvalue weighted by atomic mass is 16.1. The Morgan fingerprint density at radius 2 is 1.63 bits per heavy atom. The van der Waals surface area contributed by atoms with Gasteiger partial charge in [0.05, 0.1) is 12.1 Å². The lowest BCUT2D eigenvalue weighted by molar-refractivity contribution is -0.115. The molecule has 156 valence electrons. The van der Waals surface area contributed by atoms with E-state index in [1.54, 1.807) is 19.3 Å². The molecule has 5 heteroatoms. The van der Waals surface area contributed by atoms with Gasteiger partial charge < -0.3 is 9.88 Å². The number of carbonyl (C=O) groups excluding carboxylic acids is 1. The molecule has 0 bridgehead atoms. The van der Waals surface area contributed by atoms with E-state index in [2.05, 4.69) is 29.3 Å². The molecule has 1 N–H and O–H groups in total. The molecule has 2 heterocycles. The number of likely N-dealkylation sites (tertiary alicyclic amines) is 1. The Balaban J connectivity index is 1.41. The van der Waals surface area contributed by atoms with Crippen molar-refractivity contribution in [2.75, 3.05) is 18.4 Å². The third kappa shape index (κ3) is 4.62. The highest BCUT2D eigenvalue weighted by molar-refractivity contribution is 6.02. The smallest absolute Gasteiger partial charge is 0.258 e. The molecule has 0 unspecified atom stereocenters. The summed E-state index contributed by atoms with van der Waals surface area (Å²) >= 11 is 0. The van der Waals surface area contributed by atoms with Gasteiger partial charge in [0.2, 0.25) is 5.91 Å². The Labute approximate surface area is 177 Å². The van der Waals surface area contributed by atoms with E-state index in [1.165, 1.54) is 36.1 Å². The molecule has 0 saturated carbocycles. The predicted octanol–water partition coefficient (Wildman–Crippen LogP) is 3.95. The van der Waals surface area contributed by atoms with E-state index in [9.17, 15) is 9.59 Å². The lowest BCUT2D eigenvalue weighted by Gasteiger charge is -2.30. The first-order valence-corrected chi connectivity index (χ1v) is 10.7. The van der Waals surface area contributed by atoms with Gasteiger partial charge in [0.25, 0.3) is 5.56 Å². The van der Waals surface area contributed by atoms with E-state index < -0.39 is 0 Å². The molecule has 1 aromatic heterocycles. The Kier molecular flexibility index (Phi) is 6.00. The van der Waals surface area contributed by atoms with E-state index in [0.29, 0.717) is 17.5 Å². The normalized spacial score (nSPS) is 15.4. The van der Waals surface area contributed by atoms with Gasteiger partial charge in [0, 0.05) is 30.6 Å². The maximum Gasteiger partial charge on any atom is 0.258 e. The molecule has 4 rings (SSSR count). The summed E-state index contributed by atoms with van der Waals surface area (Å²) in [5, 5.41) is 4.35. The van der Waals surface area contributed by atoms with Gasteiger partial charge in [-0.25, -0.2) is 0 Å². The monoisotopic (exact) mass is 403 g/mol. The number of fused-ring (bicyclic) bond motifs is 1. The van der Waals surface area contributed by atoms with Crippen molar-refractivity contribution < 1.29 is 4.79 Å². The number of pyridine rings is 1. The van der Waals surface area contributed by atoms with Crippen LogP contribution in [0.2, 0.25) is 0 Å². The maximum absolute atomic E-state index is 12.6. The molecule has 30 heavy (non-hydrogen) atoms. The number of amides is 1. The number of rotatable bonds is 5. The minimum atomic E-state index is -0.0865. The summed E-state index contributed by atoms with van der Waals surface area (Å²) in [6.07, 6.45) is 4.54. The number of piperidine rings is 1. The Morgan fingerprint density at radius 3 is 2.33 bits per heavy atom. The van der Waals surface area contributed by atoms with Crippen LogP contribution in [0, 0.1) is 5.92 Å². The third-order valence-corrected chi connectivity index (χ3v) is 6.03. The van der Waals surface area contributed by atoms with Crippen LogP contribution in [-0.4, -0.2) is 28.5 Å². The number of nitrogens with zero attached hydrogens (tertiary/aromatic N) is 2. The molecule has 0 atom stereocenters. The largest absolute Gasteiger partial charge is 0.324 e. The second kappa shape index (κ2) is 8.84. The van der Waals surface area contributed by atoms with Crippen LogP contribution in [0.3, 0.4) is 0 Å². The first kappa shape index (κ1) is 20.4. The van der Waals surface area contributed by atoms with Crippen molar-refractivity contribution in [1.29, 1.82) is 0 Å². The van der Waals surface area contributed by atoms with E-state index in [1.807, 2.05) is 30.3 Å². The molecule has 3 aromatic rings. The SMILES string of the molecule is CC1CCN(Cc2ccc(CC(=O)Nc3cn(C)c(=O)c4ccccc34)cc2)CC1. The molecule has 1 aliphatic heterocycles. The number of carbonyl (C=O) groups is 1. The fraction of sp³-hybridized carbons (Fsp3) is 0.360. The van der Waals surface area contributed by atoms with Gasteiger partial charge in [-0.2, -0.15) is 0 Å². The third-order valence-electron chi connectivity index (χ3n) is 6.03. The van der Waals surface area contributed by atoms with Crippen molar-refractivity contribution in [3.05, 3.63) is 76.2 Å². The number of hydrogen-bond acceptors (Lipinski definition) is 3. The molecule has 0 aliphatic carbocycles. The van der Waals surface area contributed by atoms with Crippen LogP contribution >= 0.6 is 0 Å². The molecule has 1 aliphatic rings. The minimum absolute atomic E-state index is 0.0673. The standard InChI is InChI=1S/C25H29N3O2/c1-18-11-13-28(14-12-18)16-20-9-7-19(8-10-20)15-24(29)26-23-17-27(2)25(30)22-6-4-3-5-21(22)23/h3-10,17-18H,11-16H2,1-2H3,(H,26,29). The topological polar surface area (TPSA) is 54.3 Å². The lowest BCUT2D eigenvalue weighted by atomic mass is 9.98. The second-order valence-corrected chi connectivity index (χ2v) is 8.50. The van der Waals surface area contributed by atoms with Crippen molar-refractivity contribution in [2.45, 2.75) is 32.7 Å². The van der Waals surface area contributed by atoms with E-state index in [4.69, 9.17) is 0 Å². The highest BCUT2D eigenvalue weighted by Gasteiger charge is 2.16. The van der Waals surface area contributed by atoms with Crippen LogP contribution in [0.1, 0.15) is 30.9 Å². The van der Waals surface area contributed by atoms with Crippen LogP contribution in [0.15, 0.2) is 59.5 Å². The van der Waals surface area contributed by atoms with Gasteiger partial charge in [0.15, 0.2) is 0 Å². The van der Waals surface area contributed by atoms with Crippen molar-refractivity contribution >= 4 is 22.4 Å². The molecular formula is C25H29N3O2. The van der Waals surface area contributed by atoms with Crippen molar-refractivity contribution in [2.24, 2.45) is 13.0 Å². The zero-order chi connectivity index (χ0) is 21.1. The maximum atomic E-state index is 12.6. The molecule has 5 nitrogen and oxygen atoms in total. The number of nitrogens with one attached hydrogen (secondary N) is 1. The van der Waals surface area contributed by atoms with Gasteiger partial charge in [0.1, 0.15) is 0 Å². The number of aryl methyl sites for hydroxylation is 1. The molecule has 1 fully saturated rings. The molecule has 0 spiro atoms. The quantitative estimate of drug-likeness (QED) is 0.702. The Bertz CT molecular complexity index is 1090. The average Bonchev–Trinajstić information content (AvgIpc) is 2.75. The minimum Gasteiger partial charge on any atom is -0.324 e. The summed E-state index contributed by atoms with van der Waals surface area (Å²) in [6, 6.07) is 15.7. The number of hydrogen-bond donors (Lipinski definition) is 1. The molecule has 0 radical (unpaired) electrons. The predicted molar refractivity (Wildman–Crippen MR) is 122 cm³/mol. The Hall–Kier alpha value is -2.92. The van der Waals surface area contributed by atoms with Crippen molar-refractivity contribution in [3.63, 3.8) is 0 Å². The number of benzene rings is 2.